The van der Waals surface area contributed by atoms with E-state index in [1.54, 1.807) is 20.3 Å². The van der Waals surface area contributed by atoms with Crippen LogP contribution in [0.15, 0.2) is 27.9 Å². The second kappa shape index (κ2) is 8.02. The minimum Gasteiger partial charge on any atom is -0.497 e. The number of hydrogen-bond donors (Lipinski definition) is 1. The van der Waals surface area contributed by atoms with Crippen molar-refractivity contribution < 1.29 is 14.0 Å². The average molecular weight is 361 g/mol. The number of aromatic amines is 1. The molecule has 0 radical (unpaired) electrons. The van der Waals surface area contributed by atoms with Crippen LogP contribution in [-0.4, -0.2) is 39.5 Å². The largest absolute Gasteiger partial charge is 0.497 e. The summed E-state index contributed by atoms with van der Waals surface area (Å²) in [5.41, 5.74) is 0.742. The highest BCUT2D eigenvalue weighted by Crippen LogP contribution is 2.32. The van der Waals surface area contributed by atoms with E-state index in [0.717, 1.165) is 24.2 Å². The Bertz CT molecular complexity index is 833. The van der Waals surface area contributed by atoms with Gasteiger partial charge in [-0.2, -0.15) is 4.98 Å². The minimum atomic E-state index is 0.469. The van der Waals surface area contributed by atoms with Crippen LogP contribution < -0.4 is 9.47 Å². The number of rotatable bonds is 8. The van der Waals surface area contributed by atoms with Crippen LogP contribution in [-0.2, 0) is 12.2 Å². The van der Waals surface area contributed by atoms with Gasteiger partial charge >= 0.3 is 0 Å². The number of H-pyrrole nitrogens is 1. The van der Waals surface area contributed by atoms with Gasteiger partial charge in [0.2, 0.25) is 16.9 Å². The van der Waals surface area contributed by atoms with E-state index < -0.39 is 0 Å². The fourth-order valence-electron chi connectivity index (χ4n) is 2.22. The summed E-state index contributed by atoms with van der Waals surface area (Å²) in [6.07, 6.45) is 1.91. The van der Waals surface area contributed by atoms with Crippen LogP contribution in [0.4, 0.5) is 0 Å². The lowest BCUT2D eigenvalue weighted by Crippen LogP contribution is -1.91. The molecular weight excluding hydrogens is 342 g/mol. The summed E-state index contributed by atoms with van der Waals surface area (Å²) in [5, 5.41) is 11.8. The summed E-state index contributed by atoms with van der Waals surface area (Å²) in [6.45, 7) is 2.10. The van der Waals surface area contributed by atoms with Gasteiger partial charge in [-0.05, 0) is 18.6 Å². The highest BCUT2D eigenvalue weighted by molar-refractivity contribution is 7.98. The van der Waals surface area contributed by atoms with Crippen molar-refractivity contribution in [3.8, 4) is 22.9 Å². The molecule has 0 aliphatic carbocycles. The molecule has 1 aromatic carbocycles. The number of aromatic nitrogens is 5. The van der Waals surface area contributed by atoms with Crippen molar-refractivity contribution in [2.75, 3.05) is 14.2 Å². The minimum absolute atomic E-state index is 0.469. The van der Waals surface area contributed by atoms with Crippen molar-refractivity contribution in [1.29, 1.82) is 0 Å². The third kappa shape index (κ3) is 4.11. The van der Waals surface area contributed by atoms with Crippen LogP contribution in [0.1, 0.15) is 25.1 Å². The van der Waals surface area contributed by atoms with Crippen LogP contribution in [0.3, 0.4) is 0 Å². The number of benzene rings is 1. The average Bonchev–Trinajstić information content (AvgIpc) is 3.29. The van der Waals surface area contributed by atoms with Crippen LogP contribution in [0.25, 0.3) is 11.4 Å². The molecule has 2 aromatic heterocycles. The summed E-state index contributed by atoms with van der Waals surface area (Å²) in [6, 6.07) is 5.44. The molecule has 1 N–H and O–H groups in total. The van der Waals surface area contributed by atoms with Crippen molar-refractivity contribution >= 4 is 11.8 Å². The van der Waals surface area contributed by atoms with Gasteiger partial charge in [-0.15, -0.1) is 5.10 Å². The highest BCUT2D eigenvalue weighted by atomic mass is 32.2. The van der Waals surface area contributed by atoms with E-state index in [1.165, 1.54) is 11.8 Å². The third-order valence-corrected chi connectivity index (χ3v) is 4.27. The fraction of sp³-hybridized carbons (Fsp3) is 0.375. The monoisotopic (exact) mass is 361 g/mol. The van der Waals surface area contributed by atoms with Gasteiger partial charge in [0.15, 0.2) is 0 Å². The maximum absolute atomic E-state index is 5.38. The molecule has 0 fully saturated rings. The standard InChI is InChI=1S/C16H19N5O3S/c1-4-5-13-17-16(20-19-13)25-9-14-18-15(21-24-14)11-7-6-10(22-2)8-12(11)23-3/h6-8H,4-5,9H2,1-3H3,(H,17,19,20). The normalized spacial score (nSPS) is 10.8. The molecule has 0 bridgehead atoms. The number of aryl methyl sites for hydroxylation is 1. The summed E-state index contributed by atoms with van der Waals surface area (Å²) in [7, 11) is 3.19. The maximum atomic E-state index is 5.38. The first-order valence-corrected chi connectivity index (χ1v) is 8.81. The Labute approximate surface area is 149 Å². The molecular formula is C16H19N5O3S. The molecule has 0 amide bonds. The highest BCUT2D eigenvalue weighted by Gasteiger charge is 2.15. The van der Waals surface area contributed by atoms with Crippen molar-refractivity contribution in [2.45, 2.75) is 30.7 Å². The molecule has 3 rings (SSSR count). The second-order valence-corrected chi connectivity index (χ2v) is 6.12. The first kappa shape index (κ1) is 17.3. The van der Waals surface area contributed by atoms with Gasteiger partial charge in [-0.1, -0.05) is 23.8 Å². The van der Waals surface area contributed by atoms with E-state index in [4.69, 9.17) is 14.0 Å². The number of nitrogens with one attached hydrogen (secondary N) is 1. The maximum Gasteiger partial charge on any atom is 0.237 e. The lowest BCUT2D eigenvalue weighted by molar-refractivity contribution is 0.388. The second-order valence-electron chi connectivity index (χ2n) is 5.18. The topological polar surface area (TPSA) is 99.0 Å². The molecule has 132 valence electrons. The van der Waals surface area contributed by atoms with Gasteiger partial charge in [0.25, 0.3) is 0 Å². The van der Waals surface area contributed by atoms with Crippen molar-refractivity contribution in [3.05, 3.63) is 29.9 Å². The van der Waals surface area contributed by atoms with Gasteiger partial charge in [-0.25, -0.2) is 4.98 Å². The third-order valence-electron chi connectivity index (χ3n) is 3.44. The van der Waals surface area contributed by atoms with Gasteiger partial charge in [-0.3, -0.25) is 5.10 Å². The quantitative estimate of drug-likeness (QED) is 0.611. The van der Waals surface area contributed by atoms with Gasteiger partial charge < -0.3 is 14.0 Å². The zero-order valence-corrected chi connectivity index (χ0v) is 15.1. The Morgan fingerprint density at radius 3 is 2.84 bits per heavy atom. The molecule has 0 atom stereocenters. The van der Waals surface area contributed by atoms with Gasteiger partial charge in [0, 0.05) is 12.5 Å². The molecule has 9 heteroatoms. The molecule has 3 aromatic rings. The van der Waals surface area contributed by atoms with E-state index in [0.29, 0.717) is 34.1 Å². The number of nitrogens with zero attached hydrogens (tertiary/aromatic N) is 4. The summed E-state index contributed by atoms with van der Waals surface area (Å²) in [4.78, 5) is 8.82. The van der Waals surface area contributed by atoms with Crippen LogP contribution in [0.5, 0.6) is 11.5 Å². The van der Waals surface area contributed by atoms with Crippen LogP contribution in [0.2, 0.25) is 0 Å². The van der Waals surface area contributed by atoms with E-state index >= 15 is 0 Å². The molecule has 25 heavy (non-hydrogen) atoms. The van der Waals surface area contributed by atoms with E-state index in [2.05, 4.69) is 32.2 Å². The van der Waals surface area contributed by atoms with Crippen molar-refractivity contribution in [2.24, 2.45) is 0 Å². The molecule has 0 aliphatic heterocycles. The predicted molar refractivity (Wildman–Crippen MR) is 92.8 cm³/mol. The first-order chi connectivity index (χ1) is 12.2. The van der Waals surface area contributed by atoms with Crippen LogP contribution in [0, 0.1) is 0 Å². The van der Waals surface area contributed by atoms with E-state index in [9.17, 15) is 0 Å². The summed E-state index contributed by atoms with van der Waals surface area (Å²) < 4.78 is 15.9. The Balaban J connectivity index is 1.69. The summed E-state index contributed by atoms with van der Waals surface area (Å²) >= 11 is 1.44. The van der Waals surface area contributed by atoms with Gasteiger partial charge in [0.1, 0.15) is 17.3 Å². The molecule has 8 nitrogen and oxygen atoms in total. The molecule has 0 aliphatic rings. The molecule has 2 heterocycles. The fourth-order valence-corrected chi connectivity index (χ4v) is 2.88. The number of hydrogen-bond acceptors (Lipinski definition) is 8. The zero-order valence-electron chi connectivity index (χ0n) is 14.3. The Morgan fingerprint density at radius 2 is 2.08 bits per heavy atom. The smallest absolute Gasteiger partial charge is 0.237 e. The molecule has 0 spiro atoms. The van der Waals surface area contributed by atoms with E-state index in [-0.39, 0.29) is 0 Å². The Kier molecular flexibility index (Phi) is 5.54. The Hall–Kier alpha value is -2.55. The van der Waals surface area contributed by atoms with Crippen molar-refractivity contribution in [1.82, 2.24) is 25.3 Å². The SMILES string of the molecule is CCCc1nc(SCc2nc(-c3ccc(OC)cc3OC)no2)n[nH]1. The van der Waals surface area contributed by atoms with Crippen LogP contribution >= 0.6 is 11.8 Å². The first-order valence-electron chi connectivity index (χ1n) is 7.82. The molecule has 0 saturated carbocycles. The Morgan fingerprint density at radius 1 is 1.20 bits per heavy atom. The van der Waals surface area contributed by atoms with Gasteiger partial charge in [0.05, 0.1) is 25.5 Å². The number of thioether (sulfide) groups is 1. The zero-order chi connectivity index (χ0) is 17.6. The number of methoxy groups -OCH3 is 2. The molecule has 0 unspecified atom stereocenters. The summed E-state index contributed by atoms with van der Waals surface area (Å²) in [5.74, 6) is 3.68. The number of ether oxygens (including phenoxy) is 2. The lowest BCUT2D eigenvalue weighted by Gasteiger charge is -2.07. The van der Waals surface area contributed by atoms with E-state index in [1.807, 2.05) is 12.1 Å². The van der Waals surface area contributed by atoms with Crippen molar-refractivity contribution in [3.63, 3.8) is 0 Å². The lowest BCUT2D eigenvalue weighted by atomic mass is 10.2. The predicted octanol–water partition coefficient (Wildman–Crippen LogP) is 3.12. The molecule has 0 saturated heterocycles.